The normalized spacial score (nSPS) is 13.9. The zero-order chi connectivity index (χ0) is 13.3. The van der Waals surface area contributed by atoms with Gasteiger partial charge in [0, 0.05) is 19.1 Å². The van der Waals surface area contributed by atoms with Crippen LogP contribution in [0.2, 0.25) is 0 Å². The number of rotatable bonds is 10. The molecule has 17 heavy (non-hydrogen) atoms. The predicted octanol–water partition coefficient (Wildman–Crippen LogP) is 3.38. The first-order chi connectivity index (χ1) is 8.04. The summed E-state index contributed by atoms with van der Waals surface area (Å²) in [7, 11) is 0. The summed E-state index contributed by atoms with van der Waals surface area (Å²) >= 11 is 0. The molecule has 0 aromatic rings. The van der Waals surface area contributed by atoms with Crippen molar-refractivity contribution in [2.75, 3.05) is 26.2 Å². The predicted molar refractivity (Wildman–Crippen MR) is 78.5 cm³/mol. The maximum absolute atomic E-state index is 3.57. The van der Waals surface area contributed by atoms with Crippen molar-refractivity contribution in [3.63, 3.8) is 0 Å². The molecule has 0 spiro atoms. The Bertz CT molecular complexity index is 164. The standard InChI is InChI=1S/C15H34N2/c1-7-15(8-2)12-17(9-3)14(6)11-16-10-13(4)5/h13-16H,7-12H2,1-6H3. The third-order valence-electron chi connectivity index (χ3n) is 3.67. The Kier molecular flexibility index (Phi) is 9.85. The molecule has 1 N–H and O–H groups in total. The van der Waals surface area contributed by atoms with Crippen LogP contribution in [0.15, 0.2) is 0 Å². The zero-order valence-electron chi connectivity index (χ0n) is 12.9. The fraction of sp³-hybridized carbons (Fsp3) is 1.00. The maximum Gasteiger partial charge on any atom is 0.0192 e. The number of nitrogens with one attached hydrogen (secondary N) is 1. The molecule has 0 rings (SSSR count). The van der Waals surface area contributed by atoms with E-state index in [1.165, 1.54) is 25.9 Å². The van der Waals surface area contributed by atoms with Crippen molar-refractivity contribution in [2.24, 2.45) is 11.8 Å². The molecule has 1 unspecified atom stereocenters. The average Bonchev–Trinajstić information content (AvgIpc) is 2.30. The Morgan fingerprint density at radius 3 is 1.94 bits per heavy atom. The summed E-state index contributed by atoms with van der Waals surface area (Å²) in [6.07, 6.45) is 2.61. The monoisotopic (exact) mass is 242 g/mol. The van der Waals surface area contributed by atoms with Gasteiger partial charge in [0.15, 0.2) is 0 Å². The Labute approximate surface area is 109 Å². The van der Waals surface area contributed by atoms with E-state index < -0.39 is 0 Å². The first-order valence-electron chi connectivity index (χ1n) is 7.49. The molecule has 1 atom stereocenters. The SMILES string of the molecule is CCC(CC)CN(CC)C(C)CNCC(C)C. The first-order valence-corrected chi connectivity index (χ1v) is 7.49. The van der Waals surface area contributed by atoms with Crippen molar-refractivity contribution in [1.82, 2.24) is 10.2 Å². The maximum atomic E-state index is 3.57. The van der Waals surface area contributed by atoms with Gasteiger partial charge in [-0.15, -0.1) is 0 Å². The summed E-state index contributed by atoms with van der Waals surface area (Å²) in [5.41, 5.74) is 0. The topological polar surface area (TPSA) is 15.3 Å². The molecule has 0 heterocycles. The van der Waals surface area contributed by atoms with Crippen LogP contribution in [0.25, 0.3) is 0 Å². The number of likely N-dealkylation sites (N-methyl/N-ethyl adjacent to an activating group) is 1. The summed E-state index contributed by atoms with van der Waals surface area (Å²) in [5.74, 6) is 1.61. The highest BCUT2D eigenvalue weighted by molar-refractivity contribution is 4.72. The molecule has 0 aliphatic carbocycles. The van der Waals surface area contributed by atoms with E-state index in [4.69, 9.17) is 0 Å². The largest absolute Gasteiger partial charge is 0.315 e. The fourth-order valence-corrected chi connectivity index (χ4v) is 2.21. The molecule has 2 nitrogen and oxygen atoms in total. The van der Waals surface area contributed by atoms with E-state index in [0.717, 1.165) is 24.9 Å². The van der Waals surface area contributed by atoms with Crippen molar-refractivity contribution < 1.29 is 0 Å². The summed E-state index contributed by atoms with van der Waals surface area (Å²) < 4.78 is 0. The number of nitrogens with zero attached hydrogens (tertiary/aromatic N) is 1. The lowest BCUT2D eigenvalue weighted by Crippen LogP contribution is -2.43. The van der Waals surface area contributed by atoms with Gasteiger partial charge in [-0.1, -0.05) is 47.5 Å². The van der Waals surface area contributed by atoms with Gasteiger partial charge in [-0.25, -0.2) is 0 Å². The van der Waals surface area contributed by atoms with Crippen LogP contribution in [0, 0.1) is 11.8 Å². The second-order valence-electron chi connectivity index (χ2n) is 5.67. The number of hydrogen-bond donors (Lipinski definition) is 1. The van der Waals surface area contributed by atoms with Crippen LogP contribution in [-0.4, -0.2) is 37.1 Å². The molecular formula is C15H34N2. The summed E-state index contributed by atoms with van der Waals surface area (Å²) in [6.45, 7) is 18.4. The van der Waals surface area contributed by atoms with Crippen molar-refractivity contribution in [3.8, 4) is 0 Å². The van der Waals surface area contributed by atoms with E-state index >= 15 is 0 Å². The second kappa shape index (κ2) is 9.90. The van der Waals surface area contributed by atoms with Crippen molar-refractivity contribution in [3.05, 3.63) is 0 Å². The van der Waals surface area contributed by atoms with Crippen LogP contribution in [0.4, 0.5) is 0 Å². The minimum atomic E-state index is 0.652. The average molecular weight is 242 g/mol. The van der Waals surface area contributed by atoms with Gasteiger partial charge in [-0.05, 0) is 31.8 Å². The summed E-state index contributed by atoms with van der Waals surface area (Å²) in [4.78, 5) is 2.62. The highest BCUT2D eigenvalue weighted by Crippen LogP contribution is 2.11. The van der Waals surface area contributed by atoms with E-state index in [1.54, 1.807) is 0 Å². The van der Waals surface area contributed by atoms with Crippen LogP contribution in [0.1, 0.15) is 54.4 Å². The van der Waals surface area contributed by atoms with E-state index in [-0.39, 0.29) is 0 Å². The molecule has 0 aliphatic heterocycles. The van der Waals surface area contributed by atoms with Crippen molar-refractivity contribution in [1.29, 1.82) is 0 Å². The third kappa shape index (κ3) is 7.77. The van der Waals surface area contributed by atoms with Gasteiger partial charge >= 0.3 is 0 Å². The van der Waals surface area contributed by atoms with E-state index in [0.29, 0.717) is 6.04 Å². The molecule has 0 aliphatic rings. The molecule has 0 saturated heterocycles. The molecule has 0 saturated carbocycles. The van der Waals surface area contributed by atoms with Crippen molar-refractivity contribution >= 4 is 0 Å². The smallest absolute Gasteiger partial charge is 0.0192 e. The molecule has 0 aromatic heterocycles. The molecular weight excluding hydrogens is 208 g/mol. The Hall–Kier alpha value is -0.0800. The lowest BCUT2D eigenvalue weighted by molar-refractivity contribution is 0.176. The van der Waals surface area contributed by atoms with Crippen molar-refractivity contribution in [2.45, 2.75) is 60.4 Å². The fourth-order valence-electron chi connectivity index (χ4n) is 2.21. The quantitative estimate of drug-likeness (QED) is 0.632. The van der Waals surface area contributed by atoms with E-state index in [1.807, 2.05) is 0 Å². The van der Waals surface area contributed by atoms with Gasteiger partial charge < -0.3 is 5.32 Å². The summed E-state index contributed by atoms with van der Waals surface area (Å²) in [6, 6.07) is 0.652. The van der Waals surface area contributed by atoms with Gasteiger partial charge in [0.25, 0.3) is 0 Å². The Balaban J connectivity index is 3.97. The second-order valence-corrected chi connectivity index (χ2v) is 5.67. The molecule has 0 bridgehead atoms. The number of hydrogen-bond acceptors (Lipinski definition) is 2. The van der Waals surface area contributed by atoms with Crippen LogP contribution in [0.3, 0.4) is 0 Å². The zero-order valence-corrected chi connectivity index (χ0v) is 12.9. The van der Waals surface area contributed by atoms with E-state index in [2.05, 4.69) is 51.8 Å². The lowest BCUT2D eigenvalue weighted by Gasteiger charge is -2.31. The highest BCUT2D eigenvalue weighted by atomic mass is 15.2. The van der Waals surface area contributed by atoms with Gasteiger partial charge in [0.05, 0.1) is 0 Å². The van der Waals surface area contributed by atoms with Crippen LogP contribution >= 0.6 is 0 Å². The lowest BCUT2D eigenvalue weighted by atomic mass is 10.0. The van der Waals surface area contributed by atoms with Gasteiger partial charge in [0.1, 0.15) is 0 Å². The summed E-state index contributed by atoms with van der Waals surface area (Å²) in [5, 5.41) is 3.57. The minimum Gasteiger partial charge on any atom is -0.315 e. The van der Waals surface area contributed by atoms with Gasteiger partial charge in [-0.2, -0.15) is 0 Å². The molecule has 104 valence electrons. The van der Waals surface area contributed by atoms with Gasteiger partial charge in [0.2, 0.25) is 0 Å². The molecule has 0 aromatic carbocycles. The van der Waals surface area contributed by atoms with E-state index in [9.17, 15) is 0 Å². The third-order valence-corrected chi connectivity index (χ3v) is 3.67. The molecule has 0 amide bonds. The van der Waals surface area contributed by atoms with Crippen LogP contribution in [0.5, 0.6) is 0 Å². The molecule has 0 fully saturated rings. The first kappa shape index (κ1) is 16.9. The Morgan fingerprint density at radius 2 is 1.53 bits per heavy atom. The molecule has 2 heteroatoms. The highest BCUT2D eigenvalue weighted by Gasteiger charge is 2.15. The van der Waals surface area contributed by atoms with Crippen LogP contribution < -0.4 is 5.32 Å². The Morgan fingerprint density at radius 1 is 0.941 bits per heavy atom. The van der Waals surface area contributed by atoms with Gasteiger partial charge in [-0.3, -0.25) is 4.90 Å². The minimum absolute atomic E-state index is 0.652. The molecule has 0 radical (unpaired) electrons. The van der Waals surface area contributed by atoms with Crippen LogP contribution in [-0.2, 0) is 0 Å².